The summed E-state index contributed by atoms with van der Waals surface area (Å²) >= 11 is 1.44. The fourth-order valence-electron chi connectivity index (χ4n) is 3.77. The molecule has 29 heavy (non-hydrogen) atoms. The molecule has 7 heteroatoms. The Labute approximate surface area is 176 Å². The Hall–Kier alpha value is -2.25. The smallest absolute Gasteiger partial charge is 0.228 e. The minimum atomic E-state index is -0.0279. The number of nitrogens with zero attached hydrogens (tertiary/aromatic N) is 3. The molecular weight excluding hydrogens is 384 g/mol. The second-order valence-electron chi connectivity index (χ2n) is 7.32. The summed E-state index contributed by atoms with van der Waals surface area (Å²) in [5.74, 6) is 0.0955. The number of anilines is 1. The number of likely N-dealkylation sites (N-methyl/N-ethyl adjacent to an activating group) is 1. The van der Waals surface area contributed by atoms with Crippen molar-refractivity contribution >= 4 is 28.3 Å². The normalized spacial score (nSPS) is 15.1. The van der Waals surface area contributed by atoms with Crippen LogP contribution >= 0.6 is 11.3 Å². The van der Waals surface area contributed by atoms with Gasteiger partial charge in [-0.15, -0.1) is 11.3 Å². The Morgan fingerprint density at radius 1 is 1.28 bits per heavy atom. The molecule has 2 aromatic rings. The summed E-state index contributed by atoms with van der Waals surface area (Å²) in [6.45, 7) is 7.53. The van der Waals surface area contributed by atoms with Gasteiger partial charge in [-0.1, -0.05) is 44.2 Å². The summed E-state index contributed by atoms with van der Waals surface area (Å²) < 4.78 is 0. The average Bonchev–Trinajstić information content (AvgIpc) is 3.36. The van der Waals surface area contributed by atoms with Gasteiger partial charge in [-0.3, -0.25) is 19.4 Å². The van der Waals surface area contributed by atoms with E-state index in [2.05, 4.69) is 53.3 Å². The van der Waals surface area contributed by atoms with Gasteiger partial charge in [0.05, 0.1) is 12.1 Å². The summed E-state index contributed by atoms with van der Waals surface area (Å²) in [6.07, 6.45) is 2.61. The van der Waals surface area contributed by atoms with E-state index < -0.39 is 0 Å². The van der Waals surface area contributed by atoms with E-state index in [9.17, 15) is 9.59 Å². The zero-order valence-electron chi connectivity index (χ0n) is 17.3. The molecule has 2 heterocycles. The SMILES string of the molecule is CCN(CC)C(CNC(=O)Cc1csc(N2CCCC2=O)n1)Cc1ccccc1. The maximum Gasteiger partial charge on any atom is 0.228 e. The van der Waals surface area contributed by atoms with Crippen LogP contribution in [0.25, 0.3) is 0 Å². The van der Waals surface area contributed by atoms with Crippen molar-refractivity contribution in [1.82, 2.24) is 15.2 Å². The lowest BCUT2D eigenvalue weighted by Crippen LogP contribution is -2.45. The topological polar surface area (TPSA) is 65.5 Å². The van der Waals surface area contributed by atoms with Crippen LogP contribution in [0.2, 0.25) is 0 Å². The molecule has 0 bridgehead atoms. The largest absolute Gasteiger partial charge is 0.354 e. The number of hydrogen-bond acceptors (Lipinski definition) is 5. The number of benzene rings is 1. The molecule has 1 fully saturated rings. The minimum absolute atomic E-state index is 0.0279. The maximum atomic E-state index is 12.5. The molecular formula is C22H30N4O2S. The lowest BCUT2D eigenvalue weighted by Gasteiger charge is -2.30. The molecule has 0 radical (unpaired) electrons. The van der Waals surface area contributed by atoms with Gasteiger partial charge in [0, 0.05) is 30.9 Å². The number of rotatable bonds is 10. The fraction of sp³-hybridized carbons (Fsp3) is 0.500. The highest BCUT2D eigenvalue weighted by Crippen LogP contribution is 2.25. The molecule has 0 aliphatic carbocycles. The number of aromatic nitrogens is 1. The van der Waals surface area contributed by atoms with Crippen LogP contribution in [0.4, 0.5) is 5.13 Å². The van der Waals surface area contributed by atoms with Crippen LogP contribution in [0.1, 0.15) is 37.9 Å². The van der Waals surface area contributed by atoms with Crippen molar-refractivity contribution in [1.29, 1.82) is 0 Å². The van der Waals surface area contributed by atoms with E-state index in [1.807, 2.05) is 11.4 Å². The predicted octanol–water partition coefficient (Wildman–Crippen LogP) is 2.88. The third-order valence-electron chi connectivity index (χ3n) is 5.36. The van der Waals surface area contributed by atoms with Gasteiger partial charge in [-0.25, -0.2) is 4.98 Å². The quantitative estimate of drug-likeness (QED) is 0.649. The van der Waals surface area contributed by atoms with Crippen LogP contribution < -0.4 is 10.2 Å². The van der Waals surface area contributed by atoms with Gasteiger partial charge in [0.2, 0.25) is 11.8 Å². The molecule has 3 rings (SSSR count). The second kappa shape index (κ2) is 10.5. The van der Waals surface area contributed by atoms with Crippen molar-refractivity contribution in [3.8, 4) is 0 Å². The molecule has 1 aromatic heterocycles. The number of amides is 2. The lowest BCUT2D eigenvalue weighted by molar-refractivity contribution is -0.120. The number of carbonyl (C=O) groups excluding carboxylic acids is 2. The molecule has 1 aromatic carbocycles. The van der Waals surface area contributed by atoms with Gasteiger partial charge < -0.3 is 5.32 Å². The first-order valence-corrected chi connectivity index (χ1v) is 11.3. The molecule has 1 saturated heterocycles. The first kappa shape index (κ1) is 21.5. The van der Waals surface area contributed by atoms with E-state index in [-0.39, 0.29) is 24.3 Å². The van der Waals surface area contributed by atoms with E-state index in [1.165, 1.54) is 16.9 Å². The molecule has 0 spiro atoms. The third kappa shape index (κ3) is 5.87. The summed E-state index contributed by atoms with van der Waals surface area (Å²) in [5.41, 5.74) is 2.00. The highest BCUT2D eigenvalue weighted by Gasteiger charge is 2.24. The molecule has 1 N–H and O–H groups in total. The Kier molecular flexibility index (Phi) is 7.77. The van der Waals surface area contributed by atoms with E-state index in [0.717, 1.165) is 38.2 Å². The summed E-state index contributed by atoms with van der Waals surface area (Å²) in [6, 6.07) is 10.7. The van der Waals surface area contributed by atoms with Crippen LogP contribution in [0.3, 0.4) is 0 Å². The highest BCUT2D eigenvalue weighted by atomic mass is 32.1. The van der Waals surface area contributed by atoms with Crippen molar-refractivity contribution in [3.05, 3.63) is 47.0 Å². The van der Waals surface area contributed by atoms with Gasteiger partial charge in [0.25, 0.3) is 0 Å². The molecule has 6 nitrogen and oxygen atoms in total. The van der Waals surface area contributed by atoms with Crippen LogP contribution in [-0.2, 0) is 22.4 Å². The Balaban J connectivity index is 1.55. The maximum absolute atomic E-state index is 12.5. The van der Waals surface area contributed by atoms with Crippen molar-refractivity contribution in [2.24, 2.45) is 0 Å². The average molecular weight is 415 g/mol. The van der Waals surface area contributed by atoms with Crippen molar-refractivity contribution in [2.45, 2.75) is 45.6 Å². The molecule has 0 saturated carbocycles. The van der Waals surface area contributed by atoms with Gasteiger partial charge in [-0.05, 0) is 31.5 Å². The molecule has 1 aliphatic heterocycles. The van der Waals surface area contributed by atoms with Gasteiger partial charge in [0.15, 0.2) is 5.13 Å². The van der Waals surface area contributed by atoms with Gasteiger partial charge in [0.1, 0.15) is 0 Å². The Bertz CT molecular complexity index is 804. The van der Waals surface area contributed by atoms with Gasteiger partial charge in [-0.2, -0.15) is 0 Å². The fourth-order valence-corrected chi connectivity index (χ4v) is 4.63. The molecule has 2 amide bonds. The minimum Gasteiger partial charge on any atom is -0.354 e. The van der Waals surface area contributed by atoms with Crippen LogP contribution in [0.15, 0.2) is 35.7 Å². The molecule has 1 aliphatic rings. The Morgan fingerprint density at radius 3 is 2.69 bits per heavy atom. The molecule has 1 atom stereocenters. The van der Waals surface area contributed by atoms with Crippen LogP contribution in [0, 0.1) is 0 Å². The standard InChI is InChI=1S/C22H30N4O2S/c1-3-25(4-2)19(13-17-9-6-5-7-10-17)15-23-20(27)14-18-16-29-22(24-18)26-12-8-11-21(26)28/h5-7,9-10,16,19H,3-4,8,11-15H2,1-2H3,(H,23,27). The first-order valence-electron chi connectivity index (χ1n) is 10.4. The molecule has 156 valence electrons. The number of thiazole rings is 1. The first-order chi connectivity index (χ1) is 14.1. The monoisotopic (exact) mass is 414 g/mol. The zero-order valence-corrected chi connectivity index (χ0v) is 18.1. The summed E-state index contributed by atoms with van der Waals surface area (Å²) in [4.78, 5) is 33.0. The lowest BCUT2D eigenvalue weighted by atomic mass is 10.0. The van der Waals surface area contributed by atoms with E-state index >= 15 is 0 Å². The highest BCUT2D eigenvalue weighted by molar-refractivity contribution is 7.14. The third-order valence-corrected chi connectivity index (χ3v) is 6.28. The van der Waals surface area contributed by atoms with Crippen LogP contribution in [0.5, 0.6) is 0 Å². The number of hydrogen-bond donors (Lipinski definition) is 1. The number of carbonyl (C=O) groups is 2. The van der Waals surface area contributed by atoms with E-state index in [0.29, 0.717) is 18.1 Å². The van der Waals surface area contributed by atoms with Gasteiger partial charge >= 0.3 is 0 Å². The van der Waals surface area contributed by atoms with Crippen molar-refractivity contribution in [2.75, 3.05) is 31.1 Å². The summed E-state index contributed by atoms with van der Waals surface area (Å²) in [7, 11) is 0. The molecule has 1 unspecified atom stereocenters. The predicted molar refractivity (Wildman–Crippen MR) is 117 cm³/mol. The summed E-state index contributed by atoms with van der Waals surface area (Å²) in [5, 5.41) is 5.68. The van der Waals surface area contributed by atoms with Crippen molar-refractivity contribution < 1.29 is 9.59 Å². The second-order valence-corrected chi connectivity index (χ2v) is 8.15. The van der Waals surface area contributed by atoms with Crippen LogP contribution in [-0.4, -0.2) is 53.9 Å². The zero-order chi connectivity index (χ0) is 20.6. The Morgan fingerprint density at radius 2 is 2.03 bits per heavy atom. The van der Waals surface area contributed by atoms with E-state index in [1.54, 1.807) is 4.90 Å². The number of nitrogens with one attached hydrogen (secondary N) is 1. The van der Waals surface area contributed by atoms with E-state index in [4.69, 9.17) is 0 Å². The van der Waals surface area contributed by atoms with Crippen molar-refractivity contribution in [3.63, 3.8) is 0 Å².